The summed E-state index contributed by atoms with van der Waals surface area (Å²) >= 11 is 0. The number of hydrogen-bond acceptors (Lipinski definition) is 4. The molecule has 1 aromatic carbocycles. The number of ether oxygens (including phenoxy) is 1. The fraction of sp³-hybridized carbons (Fsp3) is 0.533. The van der Waals surface area contributed by atoms with Crippen LogP contribution >= 0.6 is 0 Å². The molecule has 19 heavy (non-hydrogen) atoms. The molecule has 0 unspecified atom stereocenters. The largest absolute Gasteiger partial charge is 0.465 e. The standard InChI is InChI=1S/C15H20N2O2/c1-19-15(18)11-4-5-12(16)14(8-11)17-13-7-9-2-3-10(13)6-9/h4-5,8-10,13,17H,2-3,6-7,16H2,1H3/t9-,10+,13-/m0/s1. The fourth-order valence-corrected chi connectivity index (χ4v) is 3.55. The molecule has 102 valence electrons. The number of carbonyl (C=O) groups is 1. The van der Waals surface area contributed by atoms with Crippen molar-refractivity contribution in [1.29, 1.82) is 0 Å². The molecule has 2 aliphatic rings. The van der Waals surface area contributed by atoms with Gasteiger partial charge in [0.05, 0.1) is 24.0 Å². The van der Waals surface area contributed by atoms with E-state index in [1.165, 1.54) is 32.8 Å². The highest BCUT2D eigenvalue weighted by molar-refractivity contribution is 5.92. The van der Waals surface area contributed by atoms with Crippen molar-refractivity contribution in [3.05, 3.63) is 23.8 Å². The predicted molar refractivity (Wildman–Crippen MR) is 75.1 cm³/mol. The van der Waals surface area contributed by atoms with E-state index in [1.54, 1.807) is 18.2 Å². The molecular formula is C15H20N2O2. The van der Waals surface area contributed by atoms with Gasteiger partial charge in [0.15, 0.2) is 0 Å². The van der Waals surface area contributed by atoms with E-state index in [0.29, 0.717) is 17.3 Å². The predicted octanol–water partition coefficient (Wildman–Crippen LogP) is 2.66. The van der Waals surface area contributed by atoms with E-state index >= 15 is 0 Å². The Morgan fingerprint density at radius 3 is 2.84 bits per heavy atom. The summed E-state index contributed by atoms with van der Waals surface area (Å²) in [4.78, 5) is 11.6. The topological polar surface area (TPSA) is 64.3 Å². The highest BCUT2D eigenvalue weighted by Gasteiger charge is 2.39. The van der Waals surface area contributed by atoms with E-state index in [1.807, 2.05) is 0 Å². The summed E-state index contributed by atoms with van der Waals surface area (Å²) in [5, 5.41) is 3.53. The number of rotatable bonds is 3. The van der Waals surface area contributed by atoms with Crippen molar-refractivity contribution in [2.45, 2.75) is 31.7 Å². The van der Waals surface area contributed by atoms with E-state index in [2.05, 4.69) is 5.32 Å². The van der Waals surface area contributed by atoms with Crippen LogP contribution in [0.4, 0.5) is 11.4 Å². The summed E-state index contributed by atoms with van der Waals surface area (Å²) in [6.07, 6.45) is 5.26. The van der Waals surface area contributed by atoms with Gasteiger partial charge in [0.2, 0.25) is 0 Å². The third-order valence-electron chi connectivity index (χ3n) is 4.55. The lowest BCUT2D eigenvalue weighted by molar-refractivity contribution is 0.0601. The van der Waals surface area contributed by atoms with E-state index < -0.39 is 0 Å². The van der Waals surface area contributed by atoms with Crippen LogP contribution in [0.2, 0.25) is 0 Å². The van der Waals surface area contributed by atoms with Gasteiger partial charge in [-0.3, -0.25) is 0 Å². The lowest BCUT2D eigenvalue weighted by Crippen LogP contribution is -2.26. The molecule has 1 aromatic rings. The van der Waals surface area contributed by atoms with Crippen LogP contribution in [-0.2, 0) is 4.74 Å². The number of nitrogen functional groups attached to an aromatic ring is 1. The quantitative estimate of drug-likeness (QED) is 0.648. The van der Waals surface area contributed by atoms with Crippen LogP contribution < -0.4 is 11.1 Å². The first-order valence-corrected chi connectivity index (χ1v) is 6.91. The molecule has 4 heteroatoms. The average molecular weight is 260 g/mol. The third kappa shape index (κ3) is 2.27. The average Bonchev–Trinajstić information content (AvgIpc) is 3.02. The van der Waals surface area contributed by atoms with E-state index in [9.17, 15) is 4.79 Å². The molecule has 2 saturated carbocycles. The Labute approximate surface area is 113 Å². The minimum Gasteiger partial charge on any atom is -0.465 e. The molecule has 2 aliphatic carbocycles. The van der Waals surface area contributed by atoms with Crippen LogP contribution in [0.1, 0.15) is 36.0 Å². The Bertz CT molecular complexity index is 501. The summed E-state index contributed by atoms with van der Waals surface area (Å²) < 4.78 is 4.74. The number of benzene rings is 1. The normalized spacial score (nSPS) is 28.4. The molecule has 0 amide bonds. The van der Waals surface area contributed by atoms with Gasteiger partial charge in [0.1, 0.15) is 0 Å². The first-order valence-electron chi connectivity index (χ1n) is 6.91. The zero-order chi connectivity index (χ0) is 13.4. The second-order valence-electron chi connectivity index (χ2n) is 5.72. The van der Waals surface area contributed by atoms with Gasteiger partial charge >= 0.3 is 5.97 Å². The van der Waals surface area contributed by atoms with Crippen LogP contribution in [0, 0.1) is 11.8 Å². The molecule has 0 radical (unpaired) electrons. The van der Waals surface area contributed by atoms with Gasteiger partial charge < -0.3 is 15.8 Å². The van der Waals surface area contributed by atoms with Gasteiger partial charge in [-0.1, -0.05) is 6.42 Å². The minimum absolute atomic E-state index is 0.323. The van der Waals surface area contributed by atoms with Gasteiger partial charge in [-0.15, -0.1) is 0 Å². The maximum Gasteiger partial charge on any atom is 0.337 e. The van der Waals surface area contributed by atoms with Crippen molar-refractivity contribution in [3.63, 3.8) is 0 Å². The van der Waals surface area contributed by atoms with Crippen molar-refractivity contribution in [3.8, 4) is 0 Å². The summed E-state index contributed by atoms with van der Waals surface area (Å²) in [5.41, 5.74) is 8.09. The summed E-state index contributed by atoms with van der Waals surface area (Å²) in [7, 11) is 1.39. The summed E-state index contributed by atoms with van der Waals surface area (Å²) in [6, 6.07) is 5.77. The minimum atomic E-state index is -0.323. The van der Waals surface area contributed by atoms with Crippen LogP contribution in [0.5, 0.6) is 0 Å². The zero-order valence-electron chi connectivity index (χ0n) is 11.2. The Morgan fingerprint density at radius 2 is 2.21 bits per heavy atom. The molecule has 2 bridgehead atoms. The maximum atomic E-state index is 11.6. The zero-order valence-corrected chi connectivity index (χ0v) is 11.2. The smallest absolute Gasteiger partial charge is 0.337 e. The Balaban J connectivity index is 1.78. The van der Waals surface area contributed by atoms with Crippen LogP contribution in [0.25, 0.3) is 0 Å². The van der Waals surface area contributed by atoms with Crippen LogP contribution in [0.15, 0.2) is 18.2 Å². The Morgan fingerprint density at radius 1 is 1.37 bits per heavy atom. The van der Waals surface area contributed by atoms with Crippen molar-refractivity contribution in [2.75, 3.05) is 18.2 Å². The van der Waals surface area contributed by atoms with Crippen LogP contribution in [0.3, 0.4) is 0 Å². The number of fused-ring (bicyclic) bond motifs is 2. The lowest BCUT2D eigenvalue weighted by Gasteiger charge is -2.25. The van der Waals surface area contributed by atoms with Crippen molar-refractivity contribution < 1.29 is 9.53 Å². The molecular weight excluding hydrogens is 240 g/mol. The SMILES string of the molecule is COC(=O)c1ccc(N)c(N[C@H]2C[C@H]3CC[C@@H]2C3)c1. The Kier molecular flexibility index (Phi) is 3.09. The molecule has 4 nitrogen and oxygen atoms in total. The number of carbonyl (C=O) groups excluding carboxylic acids is 1. The first kappa shape index (κ1) is 12.3. The number of nitrogens with two attached hydrogens (primary N) is 1. The number of esters is 1. The monoisotopic (exact) mass is 260 g/mol. The first-order chi connectivity index (χ1) is 9.17. The van der Waals surface area contributed by atoms with Gasteiger partial charge in [-0.2, -0.15) is 0 Å². The molecule has 3 N–H and O–H groups in total. The highest BCUT2D eigenvalue weighted by atomic mass is 16.5. The second kappa shape index (κ2) is 4.76. The third-order valence-corrected chi connectivity index (χ3v) is 4.55. The Hall–Kier alpha value is -1.71. The maximum absolute atomic E-state index is 11.6. The van der Waals surface area contributed by atoms with E-state index in [-0.39, 0.29) is 5.97 Å². The lowest BCUT2D eigenvalue weighted by atomic mass is 9.95. The molecule has 0 aromatic heterocycles. The molecule has 3 rings (SSSR count). The molecule has 0 saturated heterocycles. The number of hydrogen-bond donors (Lipinski definition) is 2. The van der Waals surface area contributed by atoms with Crippen molar-refractivity contribution in [2.24, 2.45) is 11.8 Å². The highest BCUT2D eigenvalue weighted by Crippen LogP contribution is 2.45. The van der Waals surface area contributed by atoms with Gasteiger partial charge in [0.25, 0.3) is 0 Å². The molecule has 0 heterocycles. The van der Waals surface area contributed by atoms with Gasteiger partial charge in [-0.25, -0.2) is 4.79 Å². The molecule has 3 atom stereocenters. The summed E-state index contributed by atoms with van der Waals surface area (Å²) in [6.45, 7) is 0. The van der Waals surface area contributed by atoms with Gasteiger partial charge in [0, 0.05) is 6.04 Å². The van der Waals surface area contributed by atoms with E-state index in [0.717, 1.165) is 17.5 Å². The van der Waals surface area contributed by atoms with E-state index in [4.69, 9.17) is 10.5 Å². The van der Waals surface area contributed by atoms with Crippen molar-refractivity contribution in [1.82, 2.24) is 0 Å². The van der Waals surface area contributed by atoms with Crippen molar-refractivity contribution >= 4 is 17.3 Å². The molecule has 0 spiro atoms. The number of nitrogens with one attached hydrogen (secondary N) is 1. The number of anilines is 2. The van der Waals surface area contributed by atoms with Gasteiger partial charge in [-0.05, 0) is 49.3 Å². The fourth-order valence-electron chi connectivity index (χ4n) is 3.55. The molecule has 2 fully saturated rings. The number of methoxy groups -OCH3 is 1. The molecule has 0 aliphatic heterocycles. The second-order valence-corrected chi connectivity index (χ2v) is 5.72. The van der Waals surface area contributed by atoms with Crippen LogP contribution in [-0.4, -0.2) is 19.1 Å². The summed E-state index contributed by atoms with van der Waals surface area (Å²) in [5.74, 6) is 1.33.